The molecule has 1 N–H and O–H groups in total. The molecule has 0 aliphatic rings. The molecule has 2 rings (SSSR count). The predicted molar refractivity (Wildman–Crippen MR) is 65.9 cm³/mol. The van der Waals surface area contributed by atoms with Crippen LogP contribution in [0.15, 0.2) is 42.5 Å². The van der Waals surface area contributed by atoms with Crippen LogP contribution >= 0.6 is 11.6 Å². The third-order valence-corrected chi connectivity index (χ3v) is 2.82. The summed E-state index contributed by atoms with van der Waals surface area (Å²) in [7, 11) is 0. The molecule has 0 unspecified atom stereocenters. The summed E-state index contributed by atoms with van der Waals surface area (Å²) < 4.78 is 13.4. The van der Waals surface area contributed by atoms with Gasteiger partial charge < -0.3 is 5.32 Å². The van der Waals surface area contributed by atoms with Crippen LogP contribution in [0.25, 0.3) is 0 Å². The topological polar surface area (TPSA) is 12.0 Å². The van der Waals surface area contributed by atoms with Crippen LogP contribution < -0.4 is 5.32 Å². The SMILES string of the molecule is Cc1c(Cl)cccc1Nc1ccccc1F. The molecule has 0 bridgehead atoms. The lowest BCUT2D eigenvalue weighted by molar-refractivity contribution is 0.632. The fourth-order valence-corrected chi connectivity index (χ4v) is 1.63. The largest absolute Gasteiger partial charge is 0.353 e. The van der Waals surface area contributed by atoms with Gasteiger partial charge in [-0.15, -0.1) is 0 Å². The smallest absolute Gasteiger partial charge is 0.146 e. The van der Waals surface area contributed by atoms with Gasteiger partial charge >= 0.3 is 0 Å². The Bertz CT molecular complexity index is 511. The van der Waals surface area contributed by atoms with Crippen molar-refractivity contribution in [2.45, 2.75) is 6.92 Å². The van der Waals surface area contributed by atoms with Crippen molar-refractivity contribution in [1.29, 1.82) is 0 Å². The molecule has 82 valence electrons. The molecule has 0 spiro atoms. The van der Waals surface area contributed by atoms with E-state index in [0.29, 0.717) is 10.7 Å². The van der Waals surface area contributed by atoms with E-state index in [1.54, 1.807) is 18.2 Å². The Balaban J connectivity index is 2.35. The summed E-state index contributed by atoms with van der Waals surface area (Å²) in [5, 5.41) is 3.69. The summed E-state index contributed by atoms with van der Waals surface area (Å²) in [5.41, 5.74) is 2.18. The maximum Gasteiger partial charge on any atom is 0.146 e. The Morgan fingerprint density at radius 3 is 2.44 bits per heavy atom. The highest BCUT2D eigenvalue weighted by Gasteiger charge is 2.04. The number of halogens is 2. The number of para-hydroxylation sites is 1. The van der Waals surface area contributed by atoms with Crippen molar-refractivity contribution in [2.24, 2.45) is 0 Å². The lowest BCUT2D eigenvalue weighted by Gasteiger charge is -2.11. The van der Waals surface area contributed by atoms with Gasteiger partial charge in [0.1, 0.15) is 5.82 Å². The predicted octanol–water partition coefficient (Wildman–Crippen LogP) is 4.53. The van der Waals surface area contributed by atoms with E-state index in [-0.39, 0.29) is 5.82 Å². The Morgan fingerprint density at radius 2 is 1.69 bits per heavy atom. The number of benzene rings is 2. The van der Waals surface area contributed by atoms with E-state index >= 15 is 0 Å². The van der Waals surface area contributed by atoms with Crippen LogP contribution in [0.2, 0.25) is 5.02 Å². The van der Waals surface area contributed by atoms with Crippen LogP contribution in [0.4, 0.5) is 15.8 Å². The first-order chi connectivity index (χ1) is 7.68. The summed E-state index contributed by atoms with van der Waals surface area (Å²) in [4.78, 5) is 0. The van der Waals surface area contributed by atoms with Gasteiger partial charge in [0, 0.05) is 10.7 Å². The van der Waals surface area contributed by atoms with Crippen molar-refractivity contribution < 1.29 is 4.39 Å². The Morgan fingerprint density at radius 1 is 1.00 bits per heavy atom. The van der Waals surface area contributed by atoms with Crippen LogP contribution in [-0.4, -0.2) is 0 Å². The van der Waals surface area contributed by atoms with Crippen LogP contribution in [0.5, 0.6) is 0 Å². The van der Waals surface area contributed by atoms with E-state index in [4.69, 9.17) is 11.6 Å². The summed E-state index contributed by atoms with van der Waals surface area (Å²) in [6.07, 6.45) is 0. The fourth-order valence-electron chi connectivity index (χ4n) is 1.45. The lowest BCUT2D eigenvalue weighted by Crippen LogP contribution is -1.95. The van der Waals surface area contributed by atoms with E-state index in [1.165, 1.54) is 6.07 Å². The molecule has 0 atom stereocenters. The van der Waals surface area contributed by atoms with Crippen molar-refractivity contribution in [3.63, 3.8) is 0 Å². The minimum absolute atomic E-state index is 0.276. The Hall–Kier alpha value is -1.54. The zero-order chi connectivity index (χ0) is 11.5. The van der Waals surface area contributed by atoms with Gasteiger partial charge in [-0.2, -0.15) is 0 Å². The second-order valence-corrected chi connectivity index (χ2v) is 3.92. The molecule has 0 heterocycles. The highest BCUT2D eigenvalue weighted by atomic mass is 35.5. The van der Waals surface area contributed by atoms with Crippen molar-refractivity contribution >= 4 is 23.0 Å². The maximum atomic E-state index is 13.4. The lowest BCUT2D eigenvalue weighted by atomic mass is 10.2. The number of anilines is 2. The Kier molecular flexibility index (Phi) is 3.11. The average Bonchev–Trinajstić information content (AvgIpc) is 2.28. The average molecular weight is 236 g/mol. The summed E-state index contributed by atoms with van der Waals surface area (Å²) >= 11 is 5.99. The van der Waals surface area contributed by atoms with Gasteiger partial charge in [-0.3, -0.25) is 0 Å². The maximum absolute atomic E-state index is 13.4. The number of hydrogen-bond acceptors (Lipinski definition) is 1. The summed E-state index contributed by atoms with van der Waals surface area (Å²) in [6.45, 7) is 1.89. The molecule has 0 aromatic heterocycles. The Labute approximate surface area is 98.9 Å². The molecule has 0 radical (unpaired) electrons. The third-order valence-electron chi connectivity index (χ3n) is 2.41. The minimum Gasteiger partial charge on any atom is -0.353 e. The minimum atomic E-state index is -0.276. The van der Waals surface area contributed by atoms with Gasteiger partial charge in [-0.25, -0.2) is 4.39 Å². The molecule has 2 aromatic rings. The highest BCUT2D eigenvalue weighted by Crippen LogP contribution is 2.26. The molecule has 1 nitrogen and oxygen atoms in total. The van der Waals surface area contributed by atoms with Crippen molar-refractivity contribution in [1.82, 2.24) is 0 Å². The molecule has 16 heavy (non-hydrogen) atoms. The first-order valence-electron chi connectivity index (χ1n) is 4.95. The van der Waals surface area contributed by atoms with Crippen LogP contribution in [0, 0.1) is 12.7 Å². The van der Waals surface area contributed by atoms with Crippen molar-refractivity contribution in [3.05, 3.63) is 58.9 Å². The molecule has 0 amide bonds. The standard InChI is InChI=1S/C13H11ClFN/c1-9-10(14)5-4-8-12(9)16-13-7-3-2-6-11(13)15/h2-8,16H,1H3. The second kappa shape index (κ2) is 4.54. The summed E-state index contributed by atoms with van der Waals surface area (Å²) in [5.74, 6) is -0.276. The molecule has 2 aromatic carbocycles. The van der Waals surface area contributed by atoms with E-state index < -0.39 is 0 Å². The second-order valence-electron chi connectivity index (χ2n) is 3.52. The number of hydrogen-bond donors (Lipinski definition) is 1. The molecule has 0 saturated carbocycles. The summed E-state index contributed by atoms with van der Waals surface area (Å²) in [6, 6.07) is 12.1. The van der Waals surface area contributed by atoms with Gasteiger partial charge in [-0.1, -0.05) is 29.8 Å². The van der Waals surface area contributed by atoms with E-state index in [0.717, 1.165) is 11.3 Å². The monoisotopic (exact) mass is 235 g/mol. The van der Waals surface area contributed by atoms with E-state index in [9.17, 15) is 4.39 Å². The first-order valence-corrected chi connectivity index (χ1v) is 5.33. The van der Waals surface area contributed by atoms with Crippen LogP contribution in [0.3, 0.4) is 0 Å². The number of rotatable bonds is 2. The molecule has 0 aliphatic carbocycles. The van der Waals surface area contributed by atoms with Crippen LogP contribution in [-0.2, 0) is 0 Å². The highest BCUT2D eigenvalue weighted by molar-refractivity contribution is 6.31. The van der Waals surface area contributed by atoms with E-state index in [1.807, 2.05) is 25.1 Å². The quantitative estimate of drug-likeness (QED) is 0.806. The third kappa shape index (κ3) is 2.17. The zero-order valence-corrected chi connectivity index (χ0v) is 9.55. The van der Waals surface area contributed by atoms with Gasteiger partial charge in [0.2, 0.25) is 0 Å². The molecular weight excluding hydrogens is 225 g/mol. The molecule has 0 aliphatic heterocycles. The van der Waals surface area contributed by atoms with Gasteiger partial charge in [-0.05, 0) is 36.8 Å². The van der Waals surface area contributed by atoms with Gasteiger partial charge in [0.05, 0.1) is 5.69 Å². The fraction of sp³-hybridized carbons (Fsp3) is 0.0769. The van der Waals surface area contributed by atoms with Crippen LogP contribution in [0.1, 0.15) is 5.56 Å². The molecular formula is C13H11ClFN. The number of nitrogens with one attached hydrogen (secondary N) is 1. The van der Waals surface area contributed by atoms with Gasteiger partial charge in [0.15, 0.2) is 0 Å². The zero-order valence-electron chi connectivity index (χ0n) is 8.80. The first kappa shape index (κ1) is 11.0. The van der Waals surface area contributed by atoms with E-state index in [2.05, 4.69) is 5.32 Å². The van der Waals surface area contributed by atoms with Gasteiger partial charge in [0.25, 0.3) is 0 Å². The van der Waals surface area contributed by atoms with Crippen molar-refractivity contribution in [3.8, 4) is 0 Å². The van der Waals surface area contributed by atoms with Crippen molar-refractivity contribution in [2.75, 3.05) is 5.32 Å². The molecule has 0 saturated heterocycles. The molecule has 3 heteroatoms. The molecule has 0 fully saturated rings. The normalized spacial score (nSPS) is 10.2.